The number of nitrogens with one attached hydrogen (secondary N) is 1. The number of rotatable bonds is 5. The van der Waals surface area contributed by atoms with Crippen molar-refractivity contribution < 1.29 is 4.79 Å². The van der Waals surface area contributed by atoms with Gasteiger partial charge in [0.25, 0.3) is 5.91 Å². The maximum atomic E-state index is 12.1. The normalized spacial score (nSPS) is 10.8. The molecule has 0 aliphatic carbocycles. The Bertz CT molecular complexity index is 611. The largest absolute Gasteiger partial charge is 0.349 e. The summed E-state index contributed by atoms with van der Waals surface area (Å²) >= 11 is 0. The standard InChI is InChI=1S/C14H21N5O/c1-5-18-13(9-11(3)16-18)14(20)15-6-7-19-12(4)8-10(2)17-19/h8-9H,5-7H2,1-4H3,(H,15,20). The molecule has 0 aliphatic heterocycles. The van der Waals surface area contributed by atoms with Crippen LogP contribution in [0, 0.1) is 20.8 Å². The average Bonchev–Trinajstić information content (AvgIpc) is 2.92. The number of aryl methyl sites for hydroxylation is 4. The molecule has 1 amide bonds. The molecule has 6 nitrogen and oxygen atoms in total. The van der Waals surface area contributed by atoms with Crippen molar-refractivity contribution >= 4 is 5.91 Å². The Labute approximate surface area is 118 Å². The van der Waals surface area contributed by atoms with Gasteiger partial charge < -0.3 is 5.32 Å². The molecule has 0 saturated heterocycles. The third-order valence-electron chi connectivity index (χ3n) is 3.15. The molecule has 20 heavy (non-hydrogen) atoms. The van der Waals surface area contributed by atoms with E-state index in [-0.39, 0.29) is 5.91 Å². The zero-order valence-corrected chi connectivity index (χ0v) is 12.5. The number of nitrogens with zero attached hydrogens (tertiary/aromatic N) is 4. The molecule has 2 aromatic heterocycles. The smallest absolute Gasteiger partial charge is 0.269 e. The molecule has 0 unspecified atom stereocenters. The molecule has 0 radical (unpaired) electrons. The van der Waals surface area contributed by atoms with E-state index in [9.17, 15) is 4.79 Å². The maximum absolute atomic E-state index is 12.1. The van der Waals surface area contributed by atoms with Crippen molar-refractivity contribution in [2.24, 2.45) is 0 Å². The number of carbonyl (C=O) groups excluding carboxylic acids is 1. The van der Waals surface area contributed by atoms with E-state index in [0.717, 1.165) is 17.1 Å². The lowest BCUT2D eigenvalue weighted by Gasteiger charge is -2.08. The molecule has 0 aliphatic rings. The summed E-state index contributed by atoms with van der Waals surface area (Å²) in [5, 5.41) is 11.5. The zero-order valence-electron chi connectivity index (χ0n) is 12.5. The van der Waals surface area contributed by atoms with Crippen LogP contribution in [0.5, 0.6) is 0 Å². The van der Waals surface area contributed by atoms with Gasteiger partial charge >= 0.3 is 0 Å². The van der Waals surface area contributed by atoms with E-state index in [1.165, 1.54) is 0 Å². The fraction of sp³-hybridized carbons (Fsp3) is 0.500. The Kier molecular flexibility index (Phi) is 4.22. The van der Waals surface area contributed by atoms with Crippen LogP contribution in [0.3, 0.4) is 0 Å². The van der Waals surface area contributed by atoms with Gasteiger partial charge in [0.15, 0.2) is 0 Å². The lowest BCUT2D eigenvalue weighted by atomic mass is 10.3. The number of carbonyl (C=O) groups is 1. The van der Waals surface area contributed by atoms with Gasteiger partial charge in [-0.3, -0.25) is 14.2 Å². The summed E-state index contributed by atoms with van der Waals surface area (Å²) < 4.78 is 3.62. The highest BCUT2D eigenvalue weighted by Crippen LogP contribution is 2.04. The van der Waals surface area contributed by atoms with Crippen LogP contribution in [0.25, 0.3) is 0 Å². The van der Waals surface area contributed by atoms with E-state index in [1.54, 1.807) is 4.68 Å². The fourth-order valence-electron chi connectivity index (χ4n) is 2.24. The Morgan fingerprint density at radius 1 is 1.15 bits per heavy atom. The van der Waals surface area contributed by atoms with Gasteiger partial charge in [-0.15, -0.1) is 0 Å². The highest BCUT2D eigenvalue weighted by molar-refractivity contribution is 5.92. The van der Waals surface area contributed by atoms with E-state index in [1.807, 2.05) is 44.5 Å². The Morgan fingerprint density at radius 3 is 2.40 bits per heavy atom. The SMILES string of the molecule is CCn1nc(C)cc1C(=O)NCCn1nc(C)cc1C. The number of hydrogen-bond acceptors (Lipinski definition) is 3. The summed E-state index contributed by atoms with van der Waals surface area (Å²) in [4.78, 5) is 12.1. The van der Waals surface area contributed by atoms with Crippen LogP contribution in [-0.2, 0) is 13.1 Å². The first kappa shape index (κ1) is 14.3. The molecule has 0 aromatic carbocycles. The van der Waals surface area contributed by atoms with Crippen molar-refractivity contribution in [1.82, 2.24) is 24.9 Å². The minimum Gasteiger partial charge on any atom is -0.349 e. The van der Waals surface area contributed by atoms with Crippen molar-refractivity contribution in [2.45, 2.75) is 40.8 Å². The van der Waals surface area contributed by atoms with Crippen molar-refractivity contribution in [3.8, 4) is 0 Å². The van der Waals surface area contributed by atoms with Crippen LogP contribution in [0.15, 0.2) is 12.1 Å². The minimum absolute atomic E-state index is 0.0889. The zero-order chi connectivity index (χ0) is 14.7. The Balaban J connectivity index is 1.94. The van der Waals surface area contributed by atoms with Gasteiger partial charge in [0.2, 0.25) is 0 Å². The van der Waals surface area contributed by atoms with Gasteiger partial charge in [-0.1, -0.05) is 0 Å². The summed E-state index contributed by atoms with van der Waals surface area (Å²) in [6.45, 7) is 9.74. The highest BCUT2D eigenvalue weighted by Gasteiger charge is 2.12. The highest BCUT2D eigenvalue weighted by atomic mass is 16.2. The predicted octanol–water partition coefficient (Wildman–Crippen LogP) is 1.45. The molecule has 0 atom stereocenters. The van der Waals surface area contributed by atoms with Gasteiger partial charge in [0, 0.05) is 18.8 Å². The molecule has 2 heterocycles. The van der Waals surface area contributed by atoms with Crippen molar-refractivity contribution in [3.05, 3.63) is 34.9 Å². The number of hydrogen-bond donors (Lipinski definition) is 1. The Morgan fingerprint density at radius 2 is 1.80 bits per heavy atom. The molecular formula is C14H21N5O. The van der Waals surface area contributed by atoms with Crippen LogP contribution < -0.4 is 5.32 Å². The van der Waals surface area contributed by atoms with E-state index >= 15 is 0 Å². The molecular weight excluding hydrogens is 254 g/mol. The maximum Gasteiger partial charge on any atom is 0.269 e. The van der Waals surface area contributed by atoms with Crippen LogP contribution >= 0.6 is 0 Å². The lowest BCUT2D eigenvalue weighted by molar-refractivity contribution is 0.0941. The average molecular weight is 275 g/mol. The second-order valence-electron chi connectivity index (χ2n) is 4.89. The first-order valence-electron chi connectivity index (χ1n) is 6.85. The summed E-state index contributed by atoms with van der Waals surface area (Å²) in [6.07, 6.45) is 0. The molecule has 0 saturated carbocycles. The van der Waals surface area contributed by atoms with Crippen molar-refractivity contribution in [2.75, 3.05) is 6.54 Å². The number of amides is 1. The summed E-state index contributed by atoms with van der Waals surface area (Å²) in [5.41, 5.74) is 3.56. The van der Waals surface area contributed by atoms with Crippen LogP contribution in [-0.4, -0.2) is 32.0 Å². The van der Waals surface area contributed by atoms with Gasteiger partial charge in [-0.25, -0.2) is 0 Å². The minimum atomic E-state index is -0.0889. The molecule has 2 rings (SSSR count). The molecule has 108 valence electrons. The van der Waals surface area contributed by atoms with E-state index in [4.69, 9.17) is 0 Å². The van der Waals surface area contributed by atoms with Crippen molar-refractivity contribution in [1.29, 1.82) is 0 Å². The van der Waals surface area contributed by atoms with Gasteiger partial charge in [-0.05, 0) is 39.8 Å². The summed E-state index contributed by atoms with van der Waals surface area (Å²) in [5.74, 6) is -0.0889. The molecule has 0 spiro atoms. The summed E-state index contributed by atoms with van der Waals surface area (Å²) in [6, 6.07) is 3.83. The first-order chi connectivity index (χ1) is 9.51. The van der Waals surface area contributed by atoms with Gasteiger partial charge in [-0.2, -0.15) is 10.2 Å². The molecule has 0 fully saturated rings. The third-order valence-corrected chi connectivity index (χ3v) is 3.15. The lowest BCUT2D eigenvalue weighted by Crippen LogP contribution is -2.29. The van der Waals surface area contributed by atoms with Crippen LogP contribution in [0.1, 0.15) is 34.5 Å². The van der Waals surface area contributed by atoms with E-state index < -0.39 is 0 Å². The molecule has 0 bridgehead atoms. The fourth-order valence-corrected chi connectivity index (χ4v) is 2.24. The quantitative estimate of drug-likeness (QED) is 0.898. The molecule has 1 N–H and O–H groups in total. The number of aromatic nitrogens is 4. The molecule has 6 heteroatoms. The summed E-state index contributed by atoms with van der Waals surface area (Å²) in [7, 11) is 0. The molecule has 2 aromatic rings. The topological polar surface area (TPSA) is 64.7 Å². The van der Waals surface area contributed by atoms with Crippen molar-refractivity contribution in [3.63, 3.8) is 0 Å². The van der Waals surface area contributed by atoms with E-state index in [2.05, 4.69) is 15.5 Å². The van der Waals surface area contributed by atoms with Crippen LogP contribution in [0.2, 0.25) is 0 Å². The van der Waals surface area contributed by atoms with E-state index in [0.29, 0.717) is 25.3 Å². The second-order valence-corrected chi connectivity index (χ2v) is 4.89. The van der Waals surface area contributed by atoms with Crippen LogP contribution in [0.4, 0.5) is 0 Å². The third kappa shape index (κ3) is 3.07. The van der Waals surface area contributed by atoms with Gasteiger partial charge in [0.05, 0.1) is 17.9 Å². The Hall–Kier alpha value is -2.11. The predicted molar refractivity (Wildman–Crippen MR) is 76.7 cm³/mol. The second kappa shape index (κ2) is 5.90. The van der Waals surface area contributed by atoms with Gasteiger partial charge in [0.1, 0.15) is 5.69 Å². The monoisotopic (exact) mass is 275 g/mol. The first-order valence-corrected chi connectivity index (χ1v) is 6.85.